The second-order valence-electron chi connectivity index (χ2n) is 0. The largest absolute Gasteiger partial charge is 1.00 e. The van der Waals surface area contributed by atoms with Gasteiger partial charge in [-0.05, 0) is 0 Å². The summed E-state index contributed by atoms with van der Waals surface area (Å²) in [7, 11) is 0. The Morgan fingerprint density at radius 1 is 0.714 bits per heavy atom. The molecule has 0 fully saturated rings. The van der Waals surface area contributed by atoms with Crippen molar-refractivity contribution in [2.24, 2.45) is 0 Å². The Labute approximate surface area is 115 Å². The fourth-order valence-corrected chi connectivity index (χ4v) is 0. The number of nitriles is 2. The van der Waals surface area contributed by atoms with Crippen molar-refractivity contribution >= 4 is 0 Å². The van der Waals surface area contributed by atoms with Crippen LogP contribution >= 0.6 is 0 Å². The van der Waals surface area contributed by atoms with Gasteiger partial charge in [0.15, 0.2) is 0 Å². The summed E-state index contributed by atoms with van der Waals surface area (Å²) >= 11 is 0. The molecule has 0 rings (SSSR count). The summed E-state index contributed by atoms with van der Waals surface area (Å²) in [6.07, 6.45) is 0. The molecule has 5 heteroatoms. The Bertz CT molecular complexity index is 35.2. The summed E-state index contributed by atoms with van der Waals surface area (Å²) in [5, 5.41) is 13.0. The van der Waals surface area contributed by atoms with Crippen LogP contribution in [0.15, 0.2) is 0 Å². The third-order valence-corrected chi connectivity index (χ3v) is 0. The van der Waals surface area contributed by atoms with E-state index in [0.717, 1.165) is 0 Å². The van der Waals surface area contributed by atoms with Crippen LogP contribution in [-0.4, -0.2) is 0 Å². The van der Waals surface area contributed by atoms with Crippen LogP contribution in [0.5, 0.6) is 0 Å². The van der Waals surface area contributed by atoms with Crippen molar-refractivity contribution in [2.45, 2.75) is 0 Å². The van der Waals surface area contributed by atoms with E-state index in [2.05, 4.69) is 13.1 Å². The fourth-order valence-electron chi connectivity index (χ4n) is 0. The molecule has 0 spiro atoms. The van der Waals surface area contributed by atoms with E-state index >= 15 is 0 Å². The molecule has 0 bridgehead atoms. The van der Waals surface area contributed by atoms with Crippen LogP contribution in [0.3, 0.4) is 0 Å². The van der Waals surface area contributed by atoms with Gasteiger partial charge in [0.05, 0.1) is 0 Å². The average molecular weight is 126 g/mol. The maximum Gasteiger partial charge on any atom is 1.00 e. The Morgan fingerprint density at radius 3 is 0.714 bits per heavy atom. The van der Waals surface area contributed by atoms with E-state index in [9.17, 15) is 0 Å². The van der Waals surface area contributed by atoms with E-state index < -0.39 is 0 Å². The maximum atomic E-state index is 6.50. The van der Waals surface area contributed by atoms with Gasteiger partial charge in [0, 0.05) is 13.1 Å². The van der Waals surface area contributed by atoms with E-state index in [1.165, 1.54) is 0 Å². The number of hydrogen-bond donors (Lipinski definition) is 0. The molecule has 2 nitrogen and oxygen atoms in total. The monoisotopic (exact) mass is 126 g/mol. The molecule has 0 amide bonds. The molecule has 0 aromatic carbocycles. The van der Waals surface area contributed by atoms with Gasteiger partial charge in [-0.3, -0.25) is 0 Å². The second kappa shape index (κ2) is 99.2. The Morgan fingerprint density at radius 2 is 0.714 bits per heavy atom. The van der Waals surface area contributed by atoms with Crippen LogP contribution in [0.2, 0.25) is 0 Å². The summed E-state index contributed by atoms with van der Waals surface area (Å²) in [4.78, 5) is 0. The molecule has 0 unspecified atom stereocenters. The molecule has 0 aliphatic heterocycles. The van der Waals surface area contributed by atoms with Crippen LogP contribution in [-0.2, 0) is 0 Å². The average Bonchev–Trinajstić information content (AvgIpc) is 1.50. The van der Waals surface area contributed by atoms with Crippen molar-refractivity contribution in [3.8, 4) is 13.1 Å². The molecule has 26 valence electrons. The van der Waals surface area contributed by atoms with Gasteiger partial charge < -0.3 is 4.28 Å². The first-order chi connectivity index (χ1) is 2.00. The van der Waals surface area contributed by atoms with Crippen molar-refractivity contribution < 1.29 is 93.0 Å². The van der Waals surface area contributed by atoms with Gasteiger partial charge in [0.25, 0.3) is 0 Å². The van der Waals surface area contributed by atoms with Gasteiger partial charge in [-0.1, -0.05) is 0 Å². The van der Waals surface area contributed by atoms with Gasteiger partial charge in [-0.2, -0.15) is 0 Å². The van der Waals surface area contributed by atoms with E-state index in [1.807, 2.05) is 0 Å². The smallest absolute Gasteiger partial charge is 1.00 e. The number of nitrogens with zero attached hydrogens (tertiary/aromatic N) is 2. The van der Waals surface area contributed by atoms with E-state index in [4.69, 9.17) is 10.5 Å². The summed E-state index contributed by atoms with van der Waals surface area (Å²) in [5.74, 6) is 0. The third kappa shape index (κ3) is 72.8. The Balaban J connectivity index is -0.000000000833. The maximum absolute atomic E-state index is 6.50. The minimum Gasteiger partial charge on any atom is -1.00 e. The van der Waals surface area contributed by atoms with Crippen LogP contribution in [0.4, 0.5) is 0 Å². The molecule has 0 N–H and O–H groups in total. The van der Waals surface area contributed by atoms with Crippen LogP contribution < -0.4 is 88.7 Å². The fraction of sp³-hybridized carbons (Fsp3) is 0. The third-order valence-electron chi connectivity index (χ3n) is 0. The summed E-state index contributed by atoms with van der Waals surface area (Å²) in [6.45, 7) is 7.00. The normalized spacial score (nSPS) is 0.571. The predicted molar refractivity (Wildman–Crippen MR) is 16.7 cm³/mol. The minimum atomic E-state index is 0. The molecule has 0 heterocycles. The van der Waals surface area contributed by atoms with Gasteiger partial charge in [-0.25, -0.2) is 10.5 Å². The van der Waals surface area contributed by atoms with Gasteiger partial charge in [0.2, 0.25) is 0 Å². The zero-order valence-corrected chi connectivity index (χ0v) is 11.0. The van der Waals surface area contributed by atoms with Crippen molar-refractivity contribution in [3.63, 3.8) is 0 Å². The standard InChI is InChI=1S/2CHN.3Na.3H/c2*1-2;;;;;;/h2*1H;;;;;;/q;;3*+1;3*-1. The summed E-state index contributed by atoms with van der Waals surface area (Å²) in [5.41, 5.74) is 0. The van der Waals surface area contributed by atoms with Crippen molar-refractivity contribution in [2.75, 3.05) is 0 Å². The van der Waals surface area contributed by atoms with Crippen LogP contribution in [0.25, 0.3) is 0 Å². The SMILES string of the molecule is C#N.C#N.[H-].[H-].[H-].[Na+].[Na+].[Na+]. The Kier molecular flexibility index (Phi) is 511. The van der Waals surface area contributed by atoms with Crippen molar-refractivity contribution in [1.29, 1.82) is 10.5 Å². The van der Waals surface area contributed by atoms with Crippen molar-refractivity contribution in [1.82, 2.24) is 0 Å². The van der Waals surface area contributed by atoms with Crippen molar-refractivity contribution in [3.05, 3.63) is 0 Å². The van der Waals surface area contributed by atoms with Gasteiger partial charge in [0.1, 0.15) is 0 Å². The molecule has 0 radical (unpaired) electrons. The quantitative estimate of drug-likeness (QED) is 0.303. The molecule has 0 aliphatic carbocycles. The summed E-state index contributed by atoms with van der Waals surface area (Å²) < 4.78 is 0. The molecular formula is C2H5N2Na3. The zero-order chi connectivity index (χ0) is 4.00. The number of rotatable bonds is 0. The van der Waals surface area contributed by atoms with Crippen LogP contribution in [0, 0.1) is 23.7 Å². The topological polar surface area (TPSA) is 47.6 Å². The zero-order valence-electron chi connectivity index (χ0n) is 8.05. The molecule has 0 aromatic heterocycles. The van der Waals surface area contributed by atoms with E-state index in [1.54, 1.807) is 0 Å². The van der Waals surface area contributed by atoms with Gasteiger partial charge >= 0.3 is 88.7 Å². The second-order valence-corrected chi connectivity index (χ2v) is 0. The first kappa shape index (κ1) is 36.1. The molecule has 0 saturated heterocycles. The number of hydrogen-bond acceptors (Lipinski definition) is 2. The molecule has 0 atom stereocenters. The molecular weight excluding hydrogens is 121 g/mol. The molecule has 0 aromatic rings. The first-order valence-electron chi connectivity index (χ1n) is 0.516. The molecule has 0 saturated carbocycles. The minimum absolute atomic E-state index is 0. The van der Waals surface area contributed by atoms with E-state index in [0.29, 0.717) is 0 Å². The Hall–Kier alpha value is 1.98. The predicted octanol–water partition coefficient (Wildman–Crippen LogP) is -8.37. The van der Waals surface area contributed by atoms with Crippen LogP contribution in [0.1, 0.15) is 4.28 Å². The van der Waals surface area contributed by atoms with E-state index in [-0.39, 0.29) is 93.0 Å². The molecule has 7 heavy (non-hydrogen) atoms. The first-order valence-corrected chi connectivity index (χ1v) is 0.516. The summed E-state index contributed by atoms with van der Waals surface area (Å²) in [6, 6.07) is 0. The molecule has 0 aliphatic rings. The van der Waals surface area contributed by atoms with Gasteiger partial charge in [-0.15, -0.1) is 0 Å².